The Labute approximate surface area is 315 Å². The van der Waals surface area contributed by atoms with Crippen LogP contribution in [0.25, 0.3) is 11.0 Å². The first-order chi connectivity index (χ1) is 25.3. The molecule has 1 aromatic carbocycles. The summed E-state index contributed by atoms with van der Waals surface area (Å²) in [6.07, 6.45) is 11.1. The van der Waals surface area contributed by atoms with E-state index in [9.17, 15) is 28.8 Å². The lowest BCUT2D eigenvalue weighted by atomic mass is 9.99. The monoisotopic (exact) mass is 753 g/mol. The third kappa shape index (κ3) is 12.1. The quantitative estimate of drug-likeness (QED) is 0.199. The highest BCUT2D eigenvalue weighted by molar-refractivity contribution is 7.98. The van der Waals surface area contributed by atoms with Gasteiger partial charge in [0.25, 0.3) is 11.5 Å². The highest BCUT2D eigenvalue weighted by Crippen LogP contribution is 2.32. The number of carbonyl (C=O) groups is 5. The van der Waals surface area contributed by atoms with Gasteiger partial charge in [-0.05, 0) is 81.9 Å². The molecule has 2 aliphatic heterocycles. The Morgan fingerprint density at radius 1 is 1.04 bits per heavy atom. The molecule has 5 rings (SSSR count). The van der Waals surface area contributed by atoms with Crippen LogP contribution in [0.15, 0.2) is 35.1 Å². The minimum absolute atomic E-state index is 0.161. The van der Waals surface area contributed by atoms with Crippen LogP contribution in [-0.4, -0.2) is 87.5 Å². The predicted octanol–water partition coefficient (Wildman–Crippen LogP) is 3.43. The number of benzene rings is 1. The van der Waals surface area contributed by atoms with Gasteiger partial charge in [0.2, 0.25) is 23.6 Å². The van der Waals surface area contributed by atoms with Crippen molar-refractivity contribution in [2.24, 2.45) is 11.8 Å². The molecule has 15 heteroatoms. The Morgan fingerprint density at radius 3 is 2.47 bits per heavy atom. The van der Waals surface area contributed by atoms with Crippen molar-refractivity contribution in [3.8, 4) is 5.75 Å². The van der Waals surface area contributed by atoms with E-state index < -0.39 is 30.1 Å². The van der Waals surface area contributed by atoms with Gasteiger partial charge in [0, 0.05) is 30.7 Å². The van der Waals surface area contributed by atoms with Crippen LogP contribution in [0, 0.1) is 18.8 Å². The van der Waals surface area contributed by atoms with Crippen LogP contribution < -0.4 is 31.0 Å². The van der Waals surface area contributed by atoms with Gasteiger partial charge in [0.1, 0.15) is 35.6 Å². The Balaban J connectivity index is 0.000000371. The second-order valence-corrected chi connectivity index (χ2v) is 15.5. The normalized spacial score (nSPS) is 23.6. The highest BCUT2D eigenvalue weighted by Gasteiger charge is 2.40. The maximum absolute atomic E-state index is 13.8. The predicted molar refractivity (Wildman–Crippen MR) is 205 cm³/mol. The Morgan fingerprint density at radius 2 is 1.79 bits per heavy atom. The van der Waals surface area contributed by atoms with Gasteiger partial charge in [0.05, 0.1) is 18.1 Å². The molecule has 1 aromatic heterocycles. The third-order valence-corrected chi connectivity index (χ3v) is 10.7. The zero-order chi connectivity index (χ0) is 38.7. The summed E-state index contributed by atoms with van der Waals surface area (Å²) in [5.41, 5.74) is 1.77. The smallest absolute Gasteiger partial charge is 0.269 e. The summed E-state index contributed by atoms with van der Waals surface area (Å²) in [5.74, 6) is -1.26. The molecule has 0 spiro atoms. The van der Waals surface area contributed by atoms with E-state index in [0.29, 0.717) is 48.0 Å². The SMILES string of the molecule is CC(=O)NC(C(=O)N[C@H]1CCCCC/C=C\[C@H](C)C(C(=O)NSC2CC2)NC(=O)C2CCCN2C1=O)C(C)C.COc1ccc2nc(C)c(=O)[nH]c2c1. The molecule has 1 aliphatic carbocycles. The summed E-state index contributed by atoms with van der Waals surface area (Å²) in [6.45, 7) is 9.05. The number of aromatic amines is 1. The van der Waals surface area contributed by atoms with Crippen LogP contribution in [0.3, 0.4) is 0 Å². The van der Waals surface area contributed by atoms with Crippen LogP contribution in [0.4, 0.5) is 0 Å². The maximum Gasteiger partial charge on any atom is 0.269 e. The second-order valence-electron chi connectivity index (χ2n) is 14.4. The van der Waals surface area contributed by atoms with Gasteiger partial charge in [-0.3, -0.25) is 33.5 Å². The van der Waals surface area contributed by atoms with Gasteiger partial charge >= 0.3 is 0 Å². The molecule has 3 unspecified atom stereocenters. The fourth-order valence-electron chi connectivity index (χ4n) is 6.35. The summed E-state index contributed by atoms with van der Waals surface area (Å²) in [7, 11) is 1.58. The molecule has 14 nitrogen and oxygen atoms in total. The molecule has 1 saturated carbocycles. The van der Waals surface area contributed by atoms with Crippen molar-refractivity contribution in [3.05, 3.63) is 46.4 Å². The first-order valence-corrected chi connectivity index (χ1v) is 19.5. The summed E-state index contributed by atoms with van der Waals surface area (Å²) in [6, 6.07) is 2.37. The Hall–Kier alpha value is -4.40. The fraction of sp³-hybridized carbons (Fsp3) is 0.605. The standard InChI is InChI=1S/C28H45N5O5S.C10H10N2O2/c1-17(2)23(29-19(4)34)26(36)30-21-12-9-7-5-6-8-11-18(3)24(27(37)32-39-20-14-15-20)31-25(35)22-13-10-16-33(22)28(21)38;1-6-10(13)12-9-5-7(14-2)3-4-8(9)11-6/h8,11,17-18,20-24H,5-7,9-10,12-16H2,1-4H3,(H,29,34)(H,30,36)(H,31,35)(H,32,37);3-5H,1-2H3,(H,12,13)/b11-8-;/t18-,21-,22?,23?,24?;/m0./s1. The Kier molecular flexibility index (Phi) is 15.3. The molecule has 3 aliphatic rings. The molecule has 5 atom stereocenters. The van der Waals surface area contributed by atoms with Crippen molar-refractivity contribution in [1.29, 1.82) is 0 Å². The number of H-pyrrole nitrogens is 1. The van der Waals surface area contributed by atoms with Gasteiger partial charge in [0.15, 0.2) is 0 Å². The molecule has 0 bridgehead atoms. The molecule has 5 amide bonds. The lowest BCUT2D eigenvalue weighted by Crippen LogP contribution is -2.58. The summed E-state index contributed by atoms with van der Waals surface area (Å²) in [4.78, 5) is 84.9. The van der Waals surface area contributed by atoms with E-state index in [4.69, 9.17) is 4.74 Å². The first kappa shape index (κ1) is 41.4. The minimum Gasteiger partial charge on any atom is -0.497 e. The van der Waals surface area contributed by atoms with Crippen LogP contribution >= 0.6 is 11.9 Å². The third-order valence-electron chi connectivity index (χ3n) is 9.59. The average Bonchev–Trinajstić information content (AvgIpc) is 3.83. The number of fused-ring (bicyclic) bond motifs is 2. The fourth-order valence-corrected chi connectivity index (χ4v) is 7.13. The van der Waals surface area contributed by atoms with Gasteiger partial charge in [-0.1, -0.05) is 45.8 Å². The zero-order valence-corrected chi connectivity index (χ0v) is 32.5. The van der Waals surface area contributed by atoms with Crippen molar-refractivity contribution in [3.63, 3.8) is 0 Å². The number of aromatic nitrogens is 2. The molecule has 290 valence electrons. The van der Waals surface area contributed by atoms with E-state index in [1.54, 1.807) is 25.0 Å². The number of carbonyl (C=O) groups excluding carboxylic acids is 5. The number of hydrogen-bond donors (Lipinski definition) is 5. The van der Waals surface area contributed by atoms with E-state index in [1.807, 2.05) is 39.0 Å². The number of methoxy groups -OCH3 is 1. The van der Waals surface area contributed by atoms with Crippen LogP contribution in [0.1, 0.15) is 91.2 Å². The minimum atomic E-state index is -0.797. The number of rotatable bonds is 8. The number of ether oxygens (including phenoxy) is 1. The lowest BCUT2D eigenvalue weighted by molar-refractivity contribution is -0.142. The molecule has 1 saturated heterocycles. The molecule has 3 heterocycles. The van der Waals surface area contributed by atoms with Gasteiger partial charge in [-0.15, -0.1) is 0 Å². The maximum atomic E-state index is 13.8. The number of nitrogens with one attached hydrogen (secondary N) is 5. The lowest BCUT2D eigenvalue weighted by Gasteiger charge is -2.31. The van der Waals surface area contributed by atoms with Crippen molar-refractivity contribution < 1.29 is 28.7 Å². The van der Waals surface area contributed by atoms with Crippen molar-refractivity contribution >= 4 is 52.5 Å². The molecule has 2 fully saturated rings. The van der Waals surface area contributed by atoms with E-state index in [2.05, 4.69) is 36.7 Å². The first-order valence-electron chi connectivity index (χ1n) is 18.6. The number of nitrogens with zero attached hydrogens (tertiary/aromatic N) is 2. The largest absolute Gasteiger partial charge is 0.497 e. The number of hydrogen-bond acceptors (Lipinski definition) is 9. The van der Waals surface area contributed by atoms with E-state index in [0.717, 1.165) is 44.0 Å². The molecule has 5 N–H and O–H groups in total. The zero-order valence-electron chi connectivity index (χ0n) is 31.7. The summed E-state index contributed by atoms with van der Waals surface area (Å²) >= 11 is 1.41. The van der Waals surface area contributed by atoms with Crippen LogP contribution in [0.2, 0.25) is 0 Å². The molecule has 0 radical (unpaired) electrons. The van der Waals surface area contributed by atoms with Gasteiger partial charge in [-0.25, -0.2) is 4.98 Å². The van der Waals surface area contributed by atoms with Gasteiger partial charge in [-0.2, -0.15) is 0 Å². The highest BCUT2D eigenvalue weighted by atomic mass is 32.2. The van der Waals surface area contributed by atoms with Crippen LogP contribution in [-0.2, 0) is 24.0 Å². The Bertz CT molecular complexity index is 1710. The summed E-state index contributed by atoms with van der Waals surface area (Å²) in [5, 5.41) is 8.94. The number of amides is 5. The van der Waals surface area contributed by atoms with Crippen molar-refractivity contribution in [2.75, 3.05) is 13.7 Å². The second kappa shape index (κ2) is 19.6. The number of aryl methyl sites for hydroxylation is 1. The molecule has 2 aromatic rings. The molecular weight excluding hydrogens is 699 g/mol. The van der Waals surface area contributed by atoms with Gasteiger partial charge < -0.3 is 30.6 Å². The van der Waals surface area contributed by atoms with Crippen LogP contribution in [0.5, 0.6) is 5.75 Å². The van der Waals surface area contributed by atoms with Crippen molar-refractivity contribution in [2.45, 2.75) is 122 Å². The molecular formula is C38H55N7O7S. The topological polar surface area (TPSA) is 192 Å². The summed E-state index contributed by atoms with van der Waals surface area (Å²) < 4.78 is 7.95. The van der Waals surface area contributed by atoms with E-state index >= 15 is 0 Å². The van der Waals surface area contributed by atoms with E-state index in [1.165, 1.54) is 18.9 Å². The van der Waals surface area contributed by atoms with E-state index in [-0.39, 0.29) is 41.0 Å². The van der Waals surface area contributed by atoms with Crippen molar-refractivity contribution in [1.82, 2.24) is 35.5 Å². The number of allylic oxidation sites excluding steroid dienone is 1. The average molecular weight is 754 g/mol. The molecule has 53 heavy (non-hydrogen) atoms.